The number of nitrogens with two attached hydrogens (primary N) is 1. The molecule has 1 spiro atoms. The number of aromatic nitrogens is 3. The Morgan fingerprint density at radius 1 is 1.24 bits per heavy atom. The summed E-state index contributed by atoms with van der Waals surface area (Å²) in [7, 11) is 0. The van der Waals surface area contributed by atoms with Gasteiger partial charge in [0, 0.05) is 48.1 Å². The average Bonchev–Trinajstić information content (AvgIpc) is 3.42. The van der Waals surface area contributed by atoms with Gasteiger partial charge >= 0.3 is 0 Å². The predicted molar refractivity (Wildman–Crippen MR) is 129 cm³/mol. The van der Waals surface area contributed by atoms with Crippen LogP contribution in [0, 0.1) is 12.3 Å². The average molecular weight is 468 g/mol. The summed E-state index contributed by atoms with van der Waals surface area (Å²) >= 11 is 6.86. The number of benzene rings is 1. The highest BCUT2D eigenvalue weighted by atomic mass is 35.5. The van der Waals surface area contributed by atoms with Crippen molar-refractivity contribution < 1.29 is 9.47 Å². The molecule has 0 radical (unpaired) electrons. The summed E-state index contributed by atoms with van der Waals surface area (Å²) in [6.45, 7) is 7.38. The molecule has 2 N–H and O–H groups in total. The summed E-state index contributed by atoms with van der Waals surface area (Å²) in [5.41, 5.74) is 11.4. The lowest BCUT2D eigenvalue weighted by atomic mass is 9.73. The molecule has 0 saturated carbocycles. The van der Waals surface area contributed by atoms with Gasteiger partial charge in [0.05, 0.1) is 30.0 Å². The summed E-state index contributed by atoms with van der Waals surface area (Å²) in [5.74, 6) is 1.73. The molecule has 1 aromatic carbocycles. The Morgan fingerprint density at radius 2 is 2.06 bits per heavy atom. The van der Waals surface area contributed by atoms with Gasteiger partial charge < -0.3 is 20.1 Å². The van der Waals surface area contributed by atoms with Crippen LogP contribution in [0.5, 0.6) is 5.75 Å². The Kier molecular flexibility index (Phi) is 5.05. The Labute approximate surface area is 198 Å². The molecule has 2 fully saturated rings. The van der Waals surface area contributed by atoms with Gasteiger partial charge in [0.2, 0.25) is 5.95 Å². The van der Waals surface area contributed by atoms with E-state index in [1.807, 2.05) is 19.3 Å². The van der Waals surface area contributed by atoms with Gasteiger partial charge in [-0.15, -0.1) is 0 Å². The molecule has 0 aliphatic carbocycles. The number of imidazole rings is 1. The number of hydrogen-bond donors (Lipinski definition) is 1. The second-order valence-corrected chi connectivity index (χ2v) is 10.1. The lowest BCUT2D eigenvalue weighted by Crippen LogP contribution is -2.51. The highest BCUT2D eigenvalue weighted by Gasteiger charge is 2.47. The maximum absolute atomic E-state index is 6.86. The molecule has 0 amide bonds. The van der Waals surface area contributed by atoms with Crippen molar-refractivity contribution >= 4 is 23.2 Å². The first-order valence-corrected chi connectivity index (χ1v) is 12.3. The second kappa shape index (κ2) is 7.86. The SMILES string of the molecule is Cc1nc(N2CCC3(CC2)CO[C@@H](C)[C@H]3N)n2ccnc2c1-c1ccc2c(c1Cl)OCCC2. The number of hydrogen-bond acceptors (Lipinski definition) is 6. The van der Waals surface area contributed by atoms with Crippen molar-refractivity contribution in [2.24, 2.45) is 11.1 Å². The van der Waals surface area contributed by atoms with Crippen molar-refractivity contribution in [2.75, 3.05) is 31.2 Å². The van der Waals surface area contributed by atoms with Gasteiger partial charge in [-0.1, -0.05) is 23.7 Å². The van der Waals surface area contributed by atoms with Crippen LogP contribution in [0.3, 0.4) is 0 Å². The maximum atomic E-state index is 6.86. The number of fused-ring (bicyclic) bond motifs is 2. The zero-order valence-electron chi connectivity index (χ0n) is 19.2. The zero-order valence-corrected chi connectivity index (χ0v) is 19.9. The quantitative estimate of drug-likeness (QED) is 0.613. The molecule has 3 aromatic rings. The van der Waals surface area contributed by atoms with Gasteiger partial charge in [0.1, 0.15) is 11.4 Å². The Balaban J connectivity index is 1.37. The Morgan fingerprint density at radius 3 is 2.82 bits per heavy atom. The fourth-order valence-electron chi connectivity index (χ4n) is 5.81. The number of ether oxygens (including phenoxy) is 2. The number of nitrogens with zero attached hydrogens (tertiary/aromatic N) is 4. The topological polar surface area (TPSA) is 77.9 Å². The standard InChI is InChI=1S/C25H30ClN5O2/c1-15-19(18-6-5-17-4-3-13-32-21(17)20(18)26)23-28-9-12-31(23)24(29-15)30-10-7-25(8-11-30)14-33-16(2)22(25)27/h5-6,9,12,16,22H,3-4,7-8,10-11,13-14,27H2,1-2H3/t16-,22+/m0/s1. The van der Waals surface area contributed by atoms with E-state index in [4.69, 9.17) is 36.8 Å². The van der Waals surface area contributed by atoms with Crippen LogP contribution in [0.2, 0.25) is 5.02 Å². The molecule has 33 heavy (non-hydrogen) atoms. The fourth-order valence-corrected chi connectivity index (χ4v) is 6.15. The molecule has 5 heterocycles. The van der Waals surface area contributed by atoms with Crippen molar-refractivity contribution in [3.63, 3.8) is 0 Å². The number of anilines is 1. The van der Waals surface area contributed by atoms with E-state index in [9.17, 15) is 0 Å². The second-order valence-electron chi connectivity index (χ2n) is 9.75. The smallest absolute Gasteiger partial charge is 0.211 e. The fraction of sp³-hybridized carbons (Fsp3) is 0.520. The molecule has 0 bridgehead atoms. The van der Waals surface area contributed by atoms with E-state index in [0.29, 0.717) is 11.6 Å². The number of halogens is 1. The molecule has 8 heteroatoms. The number of aryl methyl sites for hydroxylation is 2. The van der Waals surface area contributed by atoms with Gasteiger partial charge in [0.25, 0.3) is 0 Å². The van der Waals surface area contributed by atoms with Crippen LogP contribution in [0.4, 0.5) is 5.95 Å². The van der Waals surface area contributed by atoms with E-state index in [0.717, 1.165) is 79.5 Å². The highest BCUT2D eigenvalue weighted by Crippen LogP contribution is 2.44. The van der Waals surface area contributed by atoms with Gasteiger partial charge in [0.15, 0.2) is 0 Å². The third kappa shape index (κ3) is 3.24. The molecule has 2 aromatic heterocycles. The molecule has 2 atom stereocenters. The van der Waals surface area contributed by atoms with Crippen molar-refractivity contribution in [1.29, 1.82) is 0 Å². The van der Waals surface area contributed by atoms with Crippen molar-refractivity contribution in [3.05, 3.63) is 40.8 Å². The minimum Gasteiger partial charge on any atom is -0.492 e. The van der Waals surface area contributed by atoms with E-state index in [1.54, 1.807) is 0 Å². The van der Waals surface area contributed by atoms with Gasteiger partial charge in [-0.2, -0.15) is 0 Å². The van der Waals surface area contributed by atoms with Crippen LogP contribution in [0.15, 0.2) is 24.5 Å². The summed E-state index contributed by atoms with van der Waals surface area (Å²) in [6.07, 6.45) is 7.97. The number of rotatable bonds is 2. The van der Waals surface area contributed by atoms with Gasteiger partial charge in [-0.3, -0.25) is 4.40 Å². The van der Waals surface area contributed by atoms with Crippen molar-refractivity contribution in [2.45, 2.75) is 51.7 Å². The van der Waals surface area contributed by atoms with Crippen molar-refractivity contribution in [1.82, 2.24) is 14.4 Å². The maximum Gasteiger partial charge on any atom is 0.211 e. The van der Waals surface area contributed by atoms with Gasteiger partial charge in [-0.05, 0) is 45.1 Å². The molecule has 174 valence electrons. The van der Waals surface area contributed by atoms with Crippen LogP contribution >= 0.6 is 11.6 Å². The van der Waals surface area contributed by atoms with E-state index in [1.165, 1.54) is 5.56 Å². The molecule has 7 nitrogen and oxygen atoms in total. The molecular formula is C25H30ClN5O2. The van der Waals surface area contributed by atoms with Crippen LogP contribution in [-0.4, -0.2) is 52.8 Å². The summed E-state index contributed by atoms with van der Waals surface area (Å²) < 4.78 is 13.9. The lowest BCUT2D eigenvalue weighted by molar-refractivity contribution is 0.0973. The first kappa shape index (κ1) is 21.2. The first-order valence-electron chi connectivity index (χ1n) is 11.9. The summed E-state index contributed by atoms with van der Waals surface area (Å²) in [4.78, 5) is 12.1. The molecule has 3 aliphatic rings. The van der Waals surface area contributed by atoms with Crippen LogP contribution in [0.25, 0.3) is 16.8 Å². The zero-order chi connectivity index (χ0) is 22.7. The van der Waals surface area contributed by atoms with E-state index >= 15 is 0 Å². The summed E-state index contributed by atoms with van der Waals surface area (Å²) in [6, 6.07) is 4.31. The van der Waals surface area contributed by atoms with Crippen LogP contribution in [-0.2, 0) is 11.2 Å². The Hall–Kier alpha value is -2.35. The molecular weight excluding hydrogens is 438 g/mol. The summed E-state index contributed by atoms with van der Waals surface area (Å²) in [5, 5.41) is 0.652. The monoisotopic (exact) mass is 467 g/mol. The minimum atomic E-state index is 0.0790. The minimum absolute atomic E-state index is 0.0790. The predicted octanol–water partition coefficient (Wildman–Crippen LogP) is 4.02. The van der Waals surface area contributed by atoms with Crippen LogP contribution in [0.1, 0.15) is 37.4 Å². The van der Waals surface area contributed by atoms with Crippen LogP contribution < -0.4 is 15.4 Å². The largest absolute Gasteiger partial charge is 0.492 e. The molecule has 6 rings (SSSR count). The third-order valence-corrected chi connectivity index (χ3v) is 8.26. The molecule has 0 unspecified atom stereocenters. The van der Waals surface area contributed by atoms with Gasteiger partial charge in [-0.25, -0.2) is 9.97 Å². The first-order chi connectivity index (χ1) is 16.0. The van der Waals surface area contributed by atoms with E-state index in [2.05, 4.69) is 28.4 Å². The lowest BCUT2D eigenvalue weighted by Gasteiger charge is -2.41. The van der Waals surface area contributed by atoms with E-state index in [-0.39, 0.29) is 17.6 Å². The number of piperidine rings is 1. The molecule has 2 saturated heterocycles. The highest BCUT2D eigenvalue weighted by molar-refractivity contribution is 6.35. The Bertz CT molecular complexity index is 1220. The van der Waals surface area contributed by atoms with Crippen molar-refractivity contribution in [3.8, 4) is 16.9 Å². The van der Waals surface area contributed by atoms with E-state index < -0.39 is 0 Å². The third-order valence-electron chi connectivity index (χ3n) is 7.88. The molecule has 3 aliphatic heterocycles. The normalized spacial score (nSPS) is 24.3.